The van der Waals surface area contributed by atoms with Crippen LogP contribution >= 0.6 is 0 Å². The zero-order valence-corrected chi connectivity index (χ0v) is 17.6. The van der Waals surface area contributed by atoms with Crippen LogP contribution in [0.3, 0.4) is 0 Å². The zero-order chi connectivity index (χ0) is 21.6. The molecule has 2 N–H and O–H groups in total. The van der Waals surface area contributed by atoms with Crippen molar-refractivity contribution in [2.24, 2.45) is 0 Å². The van der Waals surface area contributed by atoms with E-state index in [1.807, 2.05) is 54.3 Å². The lowest BCUT2D eigenvalue weighted by atomic mass is 10.1. The molecule has 1 fully saturated rings. The Balaban J connectivity index is 1.25. The van der Waals surface area contributed by atoms with Crippen LogP contribution in [-0.2, 0) is 6.42 Å². The van der Waals surface area contributed by atoms with Gasteiger partial charge in [-0.25, -0.2) is 4.79 Å². The van der Waals surface area contributed by atoms with Gasteiger partial charge in [-0.2, -0.15) is 5.10 Å². The number of hydrogen-bond donors (Lipinski definition) is 2. The second kappa shape index (κ2) is 9.47. The summed E-state index contributed by atoms with van der Waals surface area (Å²) in [4.78, 5) is 26.7. The first kappa shape index (κ1) is 20.7. The van der Waals surface area contributed by atoms with E-state index in [2.05, 4.69) is 15.7 Å². The maximum Gasteiger partial charge on any atom is 0.321 e. The van der Waals surface area contributed by atoms with E-state index in [1.165, 1.54) is 5.56 Å². The van der Waals surface area contributed by atoms with Crippen molar-refractivity contribution in [2.75, 3.05) is 25.0 Å². The third-order valence-corrected chi connectivity index (χ3v) is 5.50. The van der Waals surface area contributed by atoms with Crippen LogP contribution in [0.15, 0.2) is 67.0 Å². The molecule has 3 aromatic rings. The molecule has 1 aliphatic rings. The highest BCUT2D eigenvalue weighted by atomic mass is 16.2. The van der Waals surface area contributed by atoms with Gasteiger partial charge in [-0.1, -0.05) is 30.3 Å². The van der Waals surface area contributed by atoms with Gasteiger partial charge in [0.05, 0.1) is 12.2 Å². The van der Waals surface area contributed by atoms with Gasteiger partial charge in [0.15, 0.2) is 0 Å². The van der Waals surface area contributed by atoms with Crippen molar-refractivity contribution in [3.8, 4) is 0 Å². The summed E-state index contributed by atoms with van der Waals surface area (Å²) in [6.45, 7) is 3.91. The fourth-order valence-corrected chi connectivity index (χ4v) is 3.75. The summed E-state index contributed by atoms with van der Waals surface area (Å²) in [6.07, 6.45) is 5.52. The number of hydrogen-bond acceptors (Lipinski definition) is 3. The SMILES string of the molecule is Cc1cnn(C2CCN(C(=O)Nc3ccc(C(=O)NCCc4ccccc4)cc3)C2)c1. The molecule has 1 atom stereocenters. The number of urea groups is 1. The largest absolute Gasteiger partial charge is 0.352 e. The van der Waals surface area contributed by atoms with Crippen LogP contribution in [0.4, 0.5) is 10.5 Å². The summed E-state index contributed by atoms with van der Waals surface area (Å²) in [5.74, 6) is -0.120. The fourth-order valence-electron chi connectivity index (χ4n) is 3.75. The highest BCUT2D eigenvalue weighted by molar-refractivity contribution is 5.95. The first-order chi connectivity index (χ1) is 15.1. The molecule has 31 heavy (non-hydrogen) atoms. The van der Waals surface area contributed by atoms with E-state index >= 15 is 0 Å². The molecule has 0 bridgehead atoms. The number of aryl methyl sites for hydroxylation is 1. The molecule has 1 aliphatic heterocycles. The molecule has 1 unspecified atom stereocenters. The van der Waals surface area contributed by atoms with Crippen molar-refractivity contribution >= 4 is 17.6 Å². The molecule has 0 aliphatic carbocycles. The molecule has 4 rings (SSSR count). The van der Waals surface area contributed by atoms with E-state index in [1.54, 1.807) is 29.2 Å². The number of nitrogens with one attached hydrogen (secondary N) is 2. The summed E-state index contributed by atoms with van der Waals surface area (Å²) in [6, 6.07) is 17.1. The van der Waals surface area contributed by atoms with Gasteiger partial charge in [0, 0.05) is 37.1 Å². The van der Waals surface area contributed by atoms with Gasteiger partial charge in [0.25, 0.3) is 5.91 Å². The second-order valence-electron chi connectivity index (χ2n) is 7.89. The number of carbonyl (C=O) groups is 2. The molecule has 3 amide bonds. The number of amides is 3. The molecule has 2 heterocycles. The minimum absolute atomic E-state index is 0.120. The van der Waals surface area contributed by atoms with Gasteiger partial charge in [0.1, 0.15) is 0 Å². The molecular weight excluding hydrogens is 390 g/mol. The number of aromatic nitrogens is 2. The lowest BCUT2D eigenvalue weighted by Crippen LogP contribution is -2.33. The topological polar surface area (TPSA) is 79.3 Å². The third-order valence-electron chi connectivity index (χ3n) is 5.50. The van der Waals surface area contributed by atoms with Gasteiger partial charge in [-0.05, 0) is 55.2 Å². The first-order valence-electron chi connectivity index (χ1n) is 10.6. The summed E-state index contributed by atoms with van der Waals surface area (Å²) in [5.41, 5.74) is 3.55. The predicted molar refractivity (Wildman–Crippen MR) is 120 cm³/mol. The summed E-state index contributed by atoms with van der Waals surface area (Å²) >= 11 is 0. The smallest absolute Gasteiger partial charge is 0.321 e. The second-order valence-corrected chi connectivity index (χ2v) is 7.89. The molecule has 0 saturated carbocycles. The lowest BCUT2D eigenvalue weighted by Gasteiger charge is -2.17. The molecule has 1 saturated heterocycles. The Bertz CT molecular complexity index is 1030. The number of carbonyl (C=O) groups excluding carboxylic acids is 2. The molecule has 2 aromatic carbocycles. The molecule has 1 aromatic heterocycles. The Morgan fingerprint density at radius 2 is 1.87 bits per heavy atom. The van der Waals surface area contributed by atoms with Gasteiger partial charge in [-0.3, -0.25) is 9.48 Å². The highest BCUT2D eigenvalue weighted by Crippen LogP contribution is 2.22. The van der Waals surface area contributed by atoms with Gasteiger partial charge < -0.3 is 15.5 Å². The van der Waals surface area contributed by atoms with Crippen molar-refractivity contribution in [3.63, 3.8) is 0 Å². The molecule has 0 radical (unpaired) electrons. The first-order valence-corrected chi connectivity index (χ1v) is 10.6. The average molecular weight is 418 g/mol. The monoisotopic (exact) mass is 417 g/mol. The fraction of sp³-hybridized carbons (Fsp3) is 0.292. The van der Waals surface area contributed by atoms with Crippen molar-refractivity contribution in [3.05, 3.63) is 83.7 Å². The van der Waals surface area contributed by atoms with Crippen LogP contribution in [-0.4, -0.2) is 46.3 Å². The molecular formula is C24H27N5O2. The van der Waals surface area contributed by atoms with Crippen LogP contribution in [0, 0.1) is 6.92 Å². The van der Waals surface area contributed by atoms with Crippen LogP contribution in [0.25, 0.3) is 0 Å². The Hall–Kier alpha value is -3.61. The summed E-state index contributed by atoms with van der Waals surface area (Å²) < 4.78 is 1.94. The van der Waals surface area contributed by atoms with E-state index in [0.717, 1.165) is 18.4 Å². The number of nitrogens with zero attached hydrogens (tertiary/aromatic N) is 3. The lowest BCUT2D eigenvalue weighted by molar-refractivity contribution is 0.0954. The standard InChI is InChI=1S/C24H27N5O2/c1-18-15-26-29(16-18)22-12-14-28(17-22)24(31)27-21-9-7-20(8-10-21)23(30)25-13-11-19-5-3-2-4-6-19/h2-10,15-16,22H,11-14,17H2,1H3,(H,25,30)(H,27,31). The van der Waals surface area contributed by atoms with E-state index in [4.69, 9.17) is 0 Å². The van der Waals surface area contributed by atoms with E-state index < -0.39 is 0 Å². The molecule has 0 spiro atoms. The van der Waals surface area contributed by atoms with Crippen LogP contribution in [0.5, 0.6) is 0 Å². The van der Waals surface area contributed by atoms with Gasteiger partial charge in [0.2, 0.25) is 0 Å². The number of benzene rings is 2. The van der Waals surface area contributed by atoms with Gasteiger partial charge >= 0.3 is 6.03 Å². The third kappa shape index (κ3) is 5.31. The zero-order valence-electron chi connectivity index (χ0n) is 17.6. The number of anilines is 1. The molecule has 7 nitrogen and oxygen atoms in total. The van der Waals surface area contributed by atoms with E-state index in [-0.39, 0.29) is 18.0 Å². The summed E-state index contributed by atoms with van der Waals surface area (Å²) in [7, 11) is 0. The number of likely N-dealkylation sites (tertiary alicyclic amines) is 1. The van der Waals surface area contributed by atoms with Crippen molar-refractivity contribution < 1.29 is 9.59 Å². The Labute approximate surface area is 182 Å². The average Bonchev–Trinajstić information content (AvgIpc) is 3.44. The normalized spacial score (nSPS) is 15.6. The summed E-state index contributed by atoms with van der Waals surface area (Å²) in [5, 5.41) is 10.2. The van der Waals surface area contributed by atoms with E-state index in [9.17, 15) is 9.59 Å². The van der Waals surface area contributed by atoms with Crippen molar-refractivity contribution in [1.82, 2.24) is 20.0 Å². The molecule has 160 valence electrons. The predicted octanol–water partition coefficient (Wildman–Crippen LogP) is 3.64. The molecule has 7 heteroatoms. The van der Waals surface area contributed by atoms with E-state index in [0.29, 0.717) is 30.9 Å². The van der Waals surface area contributed by atoms with Crippen LogP contribution < -0.4 is 10.6 Å². The Morgan fingerprint density at radius 3 is 2.58 bits per heavy atom. The quantitative estimate of drug-likeness (QED) is 0.643. The Kier molecular flexibility index (Phi) is 6.31. The van der Waals surface area contributed by atoms with Crippen molar-refractivity contribution in [2.45, 2.75) is 25.8 Å². The number of rotatable bonds is 6. The van der Waals surface area contributed by atoms with Crippen LogP contribution in [0.2, 0.25) is 0 Å². The highest BCUT2D eigenvalue weighted by Gasteiger charge is 2.27. The Morgan fingerprint density at radius 1 is 1.10 bits per heavy atom. The van der Waals surface area contributed by atoms with Crippen molar-refractivity contribution in [1.29, 1.82) is 0 Å². The minimum Gasteiger partial charge on any atom is -0.352 e. The van der Waals surface area contributed by atoms with Gasteiger partial charge in [-0.15, -0.1) is 0 Å². The maximum atomic E-state index is 12.6. The maximum absolute atomic E-state index is 12.6. The minimum atomic E-state index is -0.133. The van der Waals surface area contributed by atoms with Crippen LogP contribution in [0.1, 0.15) is 33.9 Å².